The van der Waals surface area contributed by atoms with Crippen LogP contribution >= 0.6 is 0 Å². The molecule has 1 amide bonds. The molecule has 1 fully saturated rings. The Hall–Kier alpha value is -1.84. The Morgan fingerprint density at radius 2 is 2.00 bits per heavy atom. The fraction of sp³-hybridized carbons (Fsp3) is 0.467. The minimum atomic E-state index is -0.914. The number of carboxylic acid groups (broad SMARTS) is 1. The second-order valence-corrected chi connectivity index (χ2v) is 5.37. The number of carbonyl (C=O) groups excluding carboxylic acids is 1. The molecule has 1 aromatic carbocycles. The van der Waals surface area contributed by atoms with Gasteiger partial charge in [-0.1, -0.05) is 24.6 Å². The molecule has 0 bridgehead atoms. The summed E-state index contributed by atoms with van der Waals surface area (Å²) in [5.74, 6) is -1.08. The van der Waals surface area contributed by atoms with Crippen molar-refractivity contribution in [3.05, 3.63) is 34.9 Å². The first kappa shape index (κ1) is 13.6. The van der Waals surface area contributed by atoms with Crippen LogP contribution in [0.15, 0.2) is 18.2 Å². The molecule has 0 radical (unpaired) electrons. The molecule has 2 unspecified atom stereocenters. The number of hydrogen-bond donors (Lipinski definition) is 1. The SMILES string of the molecule is Cc1ccc(C(=O)N2CCC(C)C2C(=O)O)c(C)c1. The highest BCUT2D eigenvalue weighted by Crippen LogP contribution is 2.26. The Kier molecular flexibility index (Phi) is 3.60. The second kappa shape index (κ2) is 5.03. The van der Waals surface area contributed by atoms with Gasteiger partial charge >= 0.3 is 5.97 Å². The number of rotatable bonds is 2. The van der Waals surface area contributed by atoms with Crippen LogP contribution in [0.2, 0.25) is 0 Å². The highest BCUT2D eigenvalue weighted by molar-refractivity contribution is 5.98. The van der Waals surface area contributed by atoms with E-state index in [4.69, 9.17) is 0 Å². The molecule has 1 aliphatic heterocycles. The monoisotopic (exact) mass is 261 g/mol. The summed E-state index contributed by atoms with van der Waals surface area (Å²) < 4.78 is 0. The van der Waals surface area contributed by atoms with Gasteiger partial charge in [0.15, 0.2) is 0 Å². The number of aryl methyl sites for hydroxylation is 2. The summed E-state index contributed by atoms with van der Waals surface area (Å²) in [6.45, 7) is 6.26. The average molecular weight is 261 g/mol. The van der Waals surface area contributed by atoms with E-state index < -0.39 is 12.0 Å². The number of nitrogens with zero attached hydrogens (tertiary/aromatic N) is 1. The predicted molar refractivity (Wildman–Crippen MR) is 72.2 cm³/mol. The van der Waals surface area contributed by atoms with Gasteiger partial charge in [-0.25, -0.2) is 4.79 Å². The highest BCUT2D eigenvalue weighted by atomic mass is 16.4. The average Bonchev–Trinajstić information content (AvgIpc) is 2.70. The van der Waals surface area contributed by atoms with Crippen LogP contribution in [-0.2, 0) is 4.79 Å². The zero-order chi connectivity index (χ0) is 14.2. The number of hydrogen-bond acceptors (Lipinski definition) is 2. The van der Waals surface area contributed by atoms with E-state index in [1.165, 1.54) is 4.90 Å². The molecule has 0 spiro atoms. The third kappa shape index (κ3) is 2.48. The fourth-order valence-electron chi connectivity index (χ4n) is 2.76. The Bertz CT molecular complexity index is 524. The van der Waals surface area contributed by atoms with E-state index in [1.54, 1.807) is 6.07 Å². The lowest BCUT2D eigenvalue weighted by molar-refractivity contribution is -0.142. The third-order valence-corrected chi connectivity index (χ3v) is 3.83. The van der Waals surface area contributed by atoms with Crippen LogP contribution in [0, 0.1) is 19.8 Å². The van der Waals surface area contributed by atoms with E-state index in [-0.39, 0.29) is 11.8 Å². The van der Waals surface area contributed by atoms with Crippen LogP contribution in [-0.4, -0.2) is 34.5 Å². The van der Waals surface area contributed by atoms with Crippen molar-refractivity contribution in [2.24, 2.45) is 5.92 Å². The van der Waals surface area contributed by atoms with Gasteiger partial charge in [0.25, 0.3) is 5.91 Å². The van der Waals surface area contributed by atoms with Gasteiger partial charge in [-0.3, -0.25) is 4.79 Å². The number of aliphatic carboxylic acids is 1. The van der Waals surface area contributed by atoms with Gasteiger partial charge in [0.2, 0.25) is 0 Å². The molecule has 4 nitrogen and oxygen atoms in total. The lowest BCUT2D eigenvalue weighted by Gasteiger charge is -2.24. The quantitative estimate of drug-likeness (QED) is 0.888. The van der Waals surface area contributed by atoms with E-state index in [2.05, 4.69) is 0 Å². The van der Waals surface area contributed by atoms with Crippen LogP contribution in [0.1, 0.15) is 34.8 Å². The number of likely N-dealkylation sites (tertiary alicyclic amines) is 1. The summed E-state index contributed by atoms with van der Waals surface area (Å²) in [7, 11) is 0. The molecule has 2 rings (SSSR count). The van der Waals surface area contributed by atoms with Crippen LogP contribution in [0.3, 0.4) is 0 Å². The maximum absolute atomic E-state index is 12.5. The predicted octanol–water partition coefficient (Wildman–Crippen LogP) is 2.24. The van der Waals surface area contributed by atoms with Crippen LogP contribution in [0.4, 0.5) is 0 Å². The highest BCUT2D eigenvalue weighted by Gasteiger charge is 2.39. The van der Waals surface area contributed by atoms with Gasteiger partial charge in [-0.15, -0.1) is 0 Å². The standard InChI is InChI=1S/C15H19NO3/c1-9-4-5-12(11(3)8-9)14(17)16-7-6-10(2)13(16)15(18)19/h4-5,8,10,13H,6-7H2,1-3H3,(H,18,19). The molecule has 4 heteroatoms. The summed E-state index contributed by atoms with van der Waals surface area (Å²) in [6.07, 6.45) is 0.744. The van der Waals surface area contributed by atoms with Crippen molar-refractivity contribution in [1.82, 2.24) is 4.90 Å². The topological polar surface area (TPSA) is 57.6 Å². The number of benzene rings is 1. The van der Waals surface area contributed by atoms with Crippen LogP contribution in [0.25, 0.3) is 0 Å². The van der Waals surface area contributed by atoms with Crippen molar-refractivity contribution < 1.29 is 14.7 Å². The Morgan fingerprint density at radius 3 is 2.58 bits per heavy atom. The summed E-state index contributed by atoms with van der Waals surface area (Å²) in [6, 6.07) is 4.92. The van der Waals surface area contributed by atoms with Crippen molar-refractivity contribution in [1.29, 1.82) is 0 Å². The normalized spacial score (nSPS) is 22.6. The first-order valence-corrected chi connectivity index (χ1v) is 6.53. The molecule has 0 saturated carbocycles. The van der Waals surface area contributed by atoms with Gasteiger partial charge in [0, 0.05) is 12.1 Å². The molecule has 1 heterocycles. The molecule has 102 valence electrons. The van der Waals surface area contributed by atoms with E-state index >= 15 is 0 Å². The summed E-state index contributed by atoms with van der Waals surface area (Å²) in [5, 5.41) is 9.27. The summed E-state index contributed by atoms with van der Waals surface area (Å²) in [4.78, 5) is 25.3. The lowest BCUT2D eigenvalue weighted by Crippen LogP contribution is -2.43. The van der Waals surface area contributed by atoms with Crippen molar-refractivity contribution >= 4 is 11.9 Å². The van der Waals surface area contributed by atoms with Gasteiger partial charge in [-0.05, 0) is 37.8 Å². The van der Waals surface area contributed by atoms with E-state index in [9.17, 15) is 14.7 Å². The van der Waals surface area contributed by atoms with Crippen molar-refractivity contribution in [2.75, 3.05) is 6.54 Å². The minimum absolute atomic E-state index is 0.00667. The first-order chi connectivity index (χ1) is 8.91. The van der Waals surface area contributed by atoms with E-state index in [0.717, 1.165) is 17.5 Å². The maximum atomic E-state index is 12.5. The molecule has 1 aliphatic rings. The molecule has 1 saturated heterocycles. The molecule has 1 aromatic rings. The number of carbonyl (C=O) groups is 2. The van der Waals surface area contributed by atoms with Gasteiger partial charge in [0.1, 0.15) is 6.04 Å². The molecular formula is C15H19NO3. The first-order valence-electron chi connectivity index (χ1n) is 6.53. The second-order valence-electron chi connectivity index (χ2n) is 5.37. The fourth-order valence-corrected chi connectivity index (χ4v) is 2.76. The van der Waals surface area contributed by atoms with E-state index in [1.807, 2.05) is 32.9 Å². The van der Waals surface area contributed by atoms with Crippen molar-refractivity contribution in [3.8, 4) is 0 Å². The zero-order valence-electron chi connectivity index (χ0n) is 11.5. The Morgan fingerprint density at radius 1 is 1.32 bits per heavy atom. The van der Waals surface area contributed by atoms with Gasteiger partial charge < -0.3 is 10.0 Å². The molecule has 0 aromatic heterocycles. The van der Waals surface area contributed by atoms with Crippen LogP contribution < -0.4 is 0 Å². The van der Waals surface area contributed by atoms with Gasteiger partial charge in [-0.2, -0.15) is 0 Å². The molecule has 1 N–H and O–H groups in total. The Labute approximate surface area is 113 Å². The number of carboxylic acids is 1. The summed E-state index contributed by atoms with van der Waals surface area (Å²) >= 11 is 0. The smallest absolute Gasteiger partial charge is 0.326 e. The van der Waals surface area contributed by atoms with Gasteiger partial charge in [0.05, 0.1) is 0 Å². The minimum Gasteiger partial charge on any atom is -0.480 e. The molecular weight excluding hydrogens is 242 g/mol. The van der Waals surface area contributed by atoms with Crippen molar-refractivity contribution in [3.63, 3.8) is 0 Å². The Balaban J connectivity index is 2.31. The maximum Gasteiger partial charge on any atom is 0.326 e. The number of amides is 1. The zero-order valence-corrected chi connectivity index (χ0v) is 11.5. The lowest BCUT2D eigenvalue weighted by atomic mass is 10.0. The molecule has 0 aliphatic carbocycles. The van der Waals surface area contributed by atoms with Crippen molar-refractivity contribution in [2.45, 2.75) is 33.2 Å². The van der Waals surface area contributed by atoms with Crippen LogP contribution in [0.5, 0.6) is 0 Å². The van der Waals surface area contributed by atoms with E-state index in [0.29, 0.717) is 12.1 Å². The summed E-state index contributed by atoms with van der Waals surface area (Å²) in [5.41, 5.74) is 2.60. The third-order valence-electron chi connectivity index (χ3n) is 3.83. The molecule has 19 heavy (non-hydrogen) atoms. The largest absolute Gasteiger partial charge is 0.480 e. The molecule has 2 atom stereocenters.